The number of rotatable bonds is 3. The fourth-order valence-corrected chi connectivity index (χ4v) is 2.73. The molecule has 1 heterocycles. The van der Waals surface area contributed by atoms with Gasteiger partial charge in [0.05, 0.1) is 0 Å². The van der Waals surface area contributed by atoms with E-state index in [2.05, 4.69) is 21.4 Å². The summed E-state index contributed by atoms with van der Waals surface area (Å²) >= 11 is 3.35. The zero-order chi connectivity index (χ0) is 15.0. The molecule has 0 fully saturated rings. The van der Waals surface area contributed by atoms with E-state index in [1.165, 1.54) is 18.2 Å². The first-order valence-electron chi connectivity index (χ1n) is 6.19. The number of nitrogens with one attached hydrogen (secondary N) is 1. The molecule has 3 rings (SSSR count). The van der Waals surface area contributed by atoms with Gasteiger partial charge in [-0.1, -0.05) is 28.1 Å². The second-order valence-electron chi connectivity index (χ2n) is 4.57. The zero-order valence-corrected chi connectivity index (χ0v) is 12.3. The van der Waals surface area contributed by atoms with Gasteiger partial charge in [-0.25, -0.2) is 14.2 Å². The Labute approximate surface area is 127 Å². The van der Waals surface area contributed by atoms with E-state index < -0.39 is 17.7 Å². The first kappa shape index (κ1) is 14.2. The standard InChI is InChI=1S/C15H11BrF2N2O/c16-11-5-4-9(17)7-10(11)14(20-19)13-6-8-2-1-3-12(18)15(8)21-13/h1-7,14,20H,19H2. The summed E-state index contributed by atoms with van der Waals surface area (Å²) in [6, 6.07) is 10.00. The van der Waals surface area contributed by atoms with Crippen LogP contribution in [0, 0.1) is 11.6 Å². The molecule has 108 valence electrons. The summed E-state index contributed by atoms with van der Waals surface area (Å²) in [6.07, 6.45) is 0. The monoisotopic (exact) mass is 352 g/mol. The number of hydrazine groups is 1. The van der Waals surface area contributed by atoms with Gasteiger partial charge < -0.3 is 4.42 Å². The Morgan fingerprint density at radius 3 is 2.67 bits per heavy atom. The van der Waals surface area contributed by atoms with Gasteiger partial charge >= 0.3 is 0 Å². The smallest absolute Gasteiger partial charge is 0.169 e. The fraction of sp³-hybridized carbons (Fsp3) is 0.0667. The van der Waals surface area contributed by atoms with Crippen molar-refractivity contribution < 1.29 is 13.2 Å². The lowest BCUT2D eigenvalue weighted by atomic mass is 10.0. The molecule has 1 aromatic heterocycles. The fourth-order valence-electron chi connectivity index (χ4n) is 2.25. The maximum absolute atomic E-state index is 13.7. The van der Waals surface area contributed by atoms with E-state index in [4.69, 9.17) is 10.3 Å². The van der Waals surface area contributed by atoms with Crippen molar-refractivity contribution in [3.05, 3.63) is 69.9 Å². The largest absolute Gasteiger partial charge is 0.456 e. The molecule has 0 saturated heterocycles. The number of halogens is 3. The summed E-state index contributed by atoms with van der Waals surface area (Å²) in [7, 11) is 0. The van der Waals surface area contributed by atoms with Crippen molar-refractivity contribution >= 4 is 26.9 Å². The van der Waals surface area contributed by atoms with Crippen LogP contribution in [0.2, 0.25) is 0 Å². The number of fused-ring (bicyclic) bond motifs is 1. The molecule has 0 saturated carbocycles. The maximum Gasteiger partial charge on any atom is 0.169 e. The van der Waals surface area contributed by atoms with Crippen LogP contribution in [-0.2, 0) is 0 Å². The molecule has 0 aliphatic rings. The number of benzene rings is 2. The highest BCUT2D eigenvalue weighted by atomic mass is 79.9. The van der Waals surface area contributed by atoms with E-state index in [-0.39, 0.29) is 5.58 Å². The Kier molecular flexibility index (Phi) is 3.75. The molecule has 0 spiro atoms. The summed E-state index contributed by atoms with van der Waals surface area (Å²) in [5.41, 5.74) is 3.29. The van der Waals surface area contributed by atoms with Crippen LogP contribution in [0.15, 0.2) is 51.4 Å². The lowest BCUT2D eigenvalue weighted by molar-refractivity contribution is 0.463. The summed E-state index contributed by atoms with van der Waals surface area (Å²) in [4.78, 5) is 0. The SMILES string of the molecule is NNC(c1cc2cccc(F)c2o1)c1cc(F)ccc1Br. The van der Waals surface area contributed by atoms with E-state index in [1.54, 1.807) is 24.3 Å². The molecular formula is C15H11BrF2N2O. The third-order valence-corrected chi connectivity index (χ3v) is 3.96. The number of hydrogen-bond acceptors (Lipinski definition) is 3. The Bertz CT molecular complexity index is 803. The van der Waals surface area contributed by atoms with Crippen molar-refractivity contribution in [1.82, 2.24) is 5.43 Å². The molecule has 0 amide bonds. The van der Waals surface area contributed by atoms with Gasteiger partial charge in [0.2, 0.25) is 0 Å². The molecule has 6 heteroatoms. The molecule has 3 nitrogen and oxygen atoms in total. The van der Waals surface area contributed by atoms with Gasteiger partial charge in [0.15, 0.2) is 11.4 Å². The average Bonchev–Trinajstić information content (AvgIpc) is 2.89. The molecule has 3 N–H and O–H groups in total. The number of para-hydroxylation sites is 1. The highest BCUT2D eigenvalue weighted by Crippen LogP contribution is 2.32. The van der Waals surface area contributed by atoms with E-state index in [0.29, 0.717) is 21.2 Å². The van der Waals surface area contributed by atoms with Crippen LogP contribution in [0.5, 0.6) is 0 Å². The molecular weight excluding hydrogens is 342 g/mol. The first-order chi connectivity index (χ1) is 10.1. The molecule has 0 aliphatic carbocycles. The van der Waals surface area contributed by atoms with E-state index in [9.17, 15) is 8.78 Å². The topological polar surface area (TPSA) is 51.2 Å². The molecule has 0 bridgehead atoms. The minimum atomic E-state index is -0.595. The van der Waals surface area contributed by atoms with E-state index in [1.807, 2.05) is 0 Å². The molecule has 2 aromatic carbocycles. The van der Waals surface area contributed by atoms with Crippen LogP contribution in [0.3, 0.4) is 0 Å². The predicted octanol–water partition coefficient (Wildman–Crippen LogP) is 4.03. The van der Waals surface area contributed by atoms with E-state index in [0.717, 1.165) is 0 Å². The zero-order valence-electron chi connectivity index (χ0n) is 10.7. The highest BCUT2D eigenvalue weighted by Gasteiger charge is 2.21. The predicted molar refractivity (Wildman–Crippen MR) is 79.4 cm³/mol. The van der Waals surface area contributed by atoms with E-state index >= 15 is 0 Å². The molecule has 0 aliphatic heterocycles. The van der Waals surface area contributed by atoms with Gasteiger partial charge in [-0.05, 0) is 35.9 Å². The average molecular weight is 353 g/mol. The molecule has 1 unspecified atom stereocenters. The second kappa shape index (κ2) is 5.55. The number of hydrogen-bond donors (Lipinski definition) is 2. The third-order valence-electron chi connectivity index (χ3n) is 3.24. The summed E-state index contributed by atoms with van der Waals surface area (Å²) in [5.74, 6) is 5.13. The Balaban J connectivity index is 2.13. The first-order valence-corrected chi connectivity index (χ1v) is 6.98. The summed E-state index contributed by atoms with van der Waals surface area (Å²) < 4.78 is 33.4. The van der Waals surface area contributed by atoms with Crippen LogP contribution < -0.4 is 11.3 Å². The van der Waals surface area contributed by atoms with Gasteiger partial charge in [0, 0.05) is 9.86 Å². The summed E-state index contributed by atoms with van der Waals surface area (Å²) in [5, 5.41) is 0.623. The number of nitrogens with two attached hydrogens (primary N) is 1. The highest BCUT2D eigenvalue weighted by molar-refractivity contribution is 9.10. The maximum atomic E-state index is 13.7. The Hall–Kier alpha value is -1.76. The number of furan rings is 1. The van der Waals surface area contributed by atoms with Crippen LogP contribution in [0.25, 0.3) is 11.0 Å². The van der Waals surface area contributed by atoms with Crippen molar-refractivity contribution in [1.29, 1.82) is 0 Å². The van der Waals surface area contributed by atoms with Crippen molar-refractivity contribution in [2.75, 3.05) is 0 Å². The minimum Gasteiger partial charge on any atom is -0.456 e. The van der Waals surface area contributed by atoms with Crippen LogP contribution in [0.4, 0.5) is 8.78 Å². The van der Waals surface area contributed by atoms with Gasteiger partial charge in [0.1, 0.15) is 17.6 Å². The van der Waals surface area contributed by atoms with Gasteiger partial charge in [-0.2, -0.15) is 0 Å². The van der Waals surface area contributed by atoms with Gasteiger partial charge in [-0.3, -0.25) is 5.84 Å². The van der Waals surface area contributed by atoms with Crippen molar-refractivity contribution in [3.8, 4) is 0 Å². The van der Waals surface area contributed by atoms with Crippen molar-refractivity contribution in [2.24, 2.45) is 5.84 Å². The van der Waals surface area contributed by atoms with Gasteiger partial charge in [0.25, 0.3) is 0 Å². The lowest BCUT2D eigenvalue weighted by Crippen LogP contribution is -2.28. The Morgan fingerprint density at radius 2 is 1.95 bits per heavy atom. The Morgan fingerprint density at radius 1 is 1.14 bits per heavy atom. The van der Waals surface area contributed by atoms with Crippen LogP contribution in [0.1, 0.15) is 17.4 Å². The molecule has 1 atom stereocenters. The summed E-state index contributed by atoms with van der Waals surface area (Å²) in [6.45, 7) is 0. The second-order valence-corrected chi connectivity index (χ2v) is 5.43. The van der Waals surface area contributed by atoms with Crippen LogP contribution in [-0.4, -0.2) is 0 Å². The molecule has 0 radical (unpaired) electrons. The quantitative estimate of drug-likeness (QED) is 0.552. The lowest BCUT2D eigenvalue weighted by Gasteiger charge is -2.15. The van der Waals surface area contributed by atoms with Crippen molar-refractivity contribution in [3.63, 3.8) is 0 Å². The molecule has 21 heavy (non-hydrogen) atoms. The normalized spacial score (nSPS) is 12.8. The third kappa shape index (κ3) is 2.57. The van der Waals surface area contributed by atoms with Crippen molar-refractivity contribution in [2.45, 2.75) is 6.04 Å². The molecule has 3 aromatic rings. The minimum absolute atomic E-state index is 0.153. The van der Waals surface area contributed by atoms with Crippen LogP contribution >= 0.6 is 15.9 Å². The van der Waals surface area contributed by atoms with Gasteiger partial charge in [-0.15, -0.1) is 0 Å².